The molecule has 2 aromatic carbocycles. The lowest BCUT2D eigenvalue weighted by atomic mass is 10.1. The van der Waals surface area contributed by atoms with E-state index >= 15 is 0 Å². The number of aldehydes is 1. The Morgan fingerprint density at radius 3 is 2.84 bits per heavy atom. The van der Waals surface area contributed by atoms with Crippen molar-refractivity contribution in [2.24, 2.45) is 0 Å². The number of nitriles is 1. The quantitative estimate of drug-likeness (QED) is 0.874. The fourth-order valence-electron chi connectivity index (χ4n) is 1.74. The molecule has 2 rings (SSSR count). The first kappa shape index (κ1) is 13.3. The predicted octanol–water partition coefficient (Wildman–Crippen LogP) is 3.75. The smallest absolute Gasteiger partial charge is 0.150 e. The van der Waals surface area contributed by atoms with Crippen LogP contribution in [0.3, 0.4) is 0 Å². The van der Waals surface area contributed by atoms with Gasteiger partial charge in [-0.1, -0.05) is 34.1 Å². The monoisotopic (exact) mass is 314 g/mol. The van der Waals surface area contributed by atoms with Crippen LogP contribution in [-0.2, 0) is 6.54 Å². The summed E-state index contributed by atoms with van der Waals surface area (Å²) in [5.41, 5.74) is 3.13. The standard InChI is InChI=1S/C15H11BrN2O/c16-14-5-13(8-17)6-15(7-14)18-9-11-2-1-3-12(4-11)10-19/h1-7,10,18H,9H2. The van der Waals surface area contributed by atoms with Crippen molar-refractivity contribution in [1.82, 2.24) is 0 Å². The van der Waals surface area contributed by atoms with Gasteiger partial charge < -0.3 is 5.32 Å². The maximum Gasteiger partial charge on any atom is 0.150 e. The number of carbonyl (C=O) groups is 1. The molecule has 0 aliphatic rings. The Labute approximate surface area is 120 Å². The van der Waals surface area contributed by atoms with Gasteiger partial charge in [-0.05, 0) is 29.8 Å². The van der Waals surface area contributed by atoms with Crippen molar-refractivity contribution in [3.05, 3.63) is 63.6 Å². The van der Waals surface area contributed by atoms with Crippen molar-refractivity contribution in [1.29, 1.82) is 5.26 Å². The maximum absolute atomic E-state index is 10.7. The molecule has 1 N–H and O–H groups in total. The average Bonchev–Trinajstić information content (AvgIpc) is 2.44. The highest BCUT2D eigenvalue weighted by Gasteiger charge is 2.00. The van der Waals surface area contributed by atoms with Crippen molar-refractivity contribution < 1.29 is 4.79 Å². The van der Waals surface area contributed by atoms with Gasteiger partial charge in [0, 0.05) is 22.3 Å². The van der Waals surface area contributed by atoms with Crippen LogP contribution in [0.5, 0.6) is 0 Å². The Morgan fingerprint density at radius 2 is 2.11 bits per heavy atom. The van der Waals surface area contributed by atoms with E-state index in [1.54, 1.807) is 18.2 Å². The molecule has 0 unspecified atom stereocenters. The first-order valence-corrected chi connectivity index (χ1v) is 6.49. The minimum absolute atomic E-state index is 0.596. The summed E-state index contributed by atoms with van der Waals surface area (Å²) in [5.74, 6) is 0. The third kappa shape index (κ3) is 3.67. The molecule has 4 heteroatoms. The molecule has 3 nitrogen and oxygen atoms in total. The van der Waals surface area contributed by atoms with E-state index < -0.39 is 0 Å². The second-order valence-corrected chi connectivity index (χ2v) is 4.97. The van der Waals surface area contributed by atoms with Gasteiger partial charge in [0.25, 0.3) is 0 Å². The van der Waals surface area contributed by atoms with Gasteiger partial charge in [0.1, 0.15) is 6.29 Å². The van der Waals surface area contributed by atoms with E-state index in [0.29, 0.717) is 17.7 Å². The zero-order valence-electron chi connectivity index (χ0n) is 10.1. The van der Waals surface area contributed by atoms with Crippen LogP contribution in [-0.4, -0.2) is 6.29 Å². The van der Waals surface area contributed by atoms with Crippen molar-refractivity contribution >= 4 is 27.9 Å². The third-order valence-corrected chi connectivity index (χ3v) is 3.07. The molecule has 19 heavy (non-hydrogen) atoms. The molecule has 0 saturated carbocycles. The molecule has 0 saturated heterocycles. The average molecular weight is 315 g/mol. The fraction of sp³-hybridized carbons (Fsp3) is 0.0667. The molecule has 0 spiro atoms. The SMILES string of the molecule is N#Cc1cc(Br)cc(NCc2cccc(C=O)c2)c1. The first-order valence-electron chi connectivity index (χ1n) is 5.70. The number of hydrogen-bond acceptors (Lipinski definition) is 3. The molecular weight excluding hydrogens is 304 g/mol. The van der Waals surface area contributed by atoms with Crippen LogP contribution >= 0.6 is 15.9 Å². The van der Waals surface area contributed by atoms with E-state index in [-0.39, 0.29) is 0 Å². The summed E-state index contributed by atoms with van der Waals surface area (Å²) in [6, 6.07) is 15.0. The molecule has 94 valence electrons. The summed E-state index contributed by atoms with van der Waals surface area (Å²) in [6.45, 7) is 0.600. The summed E-state index contributed by atoms with van der Waals surface area (Å²) in [7, 11) is 0. The number of halogens is 1. The minimum atomic E-state index is 0.596. The minimum Gasteiger partial charge on any atom is -0.381 e. The molecular formula is C15H11BrN2O. The Morgan fingerprint density at radius 1 is 1.26 bits per heavy atom. The summed E-state index contributed by atoms with van der Waals surface area (Å²) in [6.07, 6.45) is 0.830. The molecule has 0 aliphatic heterocycles. The number of anilines is 1. The molecule has 0 heterocycles. The predicted molar refractivity (Wildman–Crippen MR) is 78.0 cm³/mol. The lowest BCUT2D eigenvalue weighted by Gasteiger charge is -2.08. The van der Waals surface area contributed by atoms with Gasteiger partial charge in [-0.2, -0.15) is 5.26 Å². The summed E-state index contributed by atoms with van der Waals surface area (Å²) in [4.78, 5) is 10.7. The second kappa shape index (κ2) is 6.17. The van der Waals surface area contributed by atoms with E-state index in [1.165, 1.54) is 0 Å². The van der Waals surface area contributed by atoms with Crippen LogP contribution < -0.4 is 5.32 Å². The molecule has 0 fully saturated rings. The van der Waals surface area contributed by atoms with Gasteiger partial charge >= 0.3 is 0 Å². The highest BCUT2D eigenvalue weighted by molar-refractivity contribution is 9.10. The van der Waals surface area contributed by atoms with Crippen molar-refractivity contribution in [2.75, 3.05) is 5.32 Å². The summed E-state index contributed by atoms with van der Waals surface area (Å²) < 4.78 is 0.857. The van der Waals surface area contributed by atoms with E-state index in [0.717, 1.165) is 22.0 Å². The molecule has 0 aromatic heterocycles. The van der Waals surface area contributed by atoms with Gasteiger partial charge in [-0.15, -0.1) is 0 Å². The van der Waals surface area contributed by atoms with Crippen LogP contribution in [0.4, 0.5) is 5.69 Å². The number of nitrogens with zero attached hydrogens (tertiary/aromatic N) is 1. The second-order valence-electron chi connectivity index (χ2n) is 4.06. The maximum atomic E-state index is 10.7. The van der Waals surface area contributed by atoms with Gasteiger partial charge in [0.15, 0.2) is 0 Å². The highest BCUT2D eigenvalue weighted by atomic mass is 79.9. The Balaban J connectivity index is 2.12. The molecule has 0 radical (unpaired) electrons. The lowest BCUT2D eigenvalue weighted by Crippen LogP contribution is -2.00. The molecule has 0 aliphatic carbocycles. The first-order chi connectivity index (χ1) is 9.21. The highest BCUT2D eigenvalue weighted by Crippen LogP contribution is 2.19. The van der Waals surface area contributed by atoms with E-state index in [4.69, 9.17) is 5.26 Å². The Bertz CT molecular complexity index is 647. The number of nitrogens with one attached hydrogen (secondary N) is 1. The van der Waals surface area contributed by atoms with Crippen molar-refractivity contribution in [2.45, 2.75) is 6.54 Å². The largest absolute Gasteiger partial charge is 0.381 e. The van der Waals surface area contributed by atoms with Gasteiger partial charge in [-0.3, -0.25) is 4.79 Å². The number of benzene rings is 2. The molecule has 2 aromatic rings. The van der Waals surface area contributed by atoms with Crippen LogP contribution in [0.15, 0.2) is 46.9 Å². The Hall–Kier alpha value is -2.12. The third-order valence-electron chi connectivity index (χ3n) is 2.61. The lowest BCUT2D eigenvalue weighted by molar-refractivity contribution is 0.112. The number of carbonyl (C=O) groups excluding carboxylic acids is 1. The van der Waals surface area contributed by atoms with Gasteiger partial charge in [-0.25, -0.2) is 0 Å². The van der Waals surface area contributed by atoms with Crippen LogP contribution in [0, 0.1) is 11.3 Å². The van der Waals surface area contributed by atoms with E-state index in [1.807, 2.05) is 24.3 Å². The van der Waals surface area contributed by atoms with Crippen LogP contribution in [0.2, 0.25) is 0 Å². The van der Waals surface area contributed by atoms with Crippen LogP contribution in [0.1, 0.15) is 21.5 Å². The number of hydrogen-bond donors (Lipinski definition) is 1. The zero-order valence-corrected chi connectivity index (χ0v) is 11.6. The summed E-state index contributed by atoms with van der Waals surface area (Å²) >= 11 is 3.37. The normalized spacial score (nSPS) is 9.68. The van der Waals surface area contributed by atoms with Crippen molar-refractivity contribution in [3.63, 3.8) is 0 Å². The van der Waals surface area contributed by atoms with Crippen molar-refractivity contribution in [3.8, 4) is 6.07 Å². The summed E-state index contributed by atoms with van der Waals surface area (Å²) in [5, 5.41) is 12.1. The molecule has 0 atom stereocenters. The topological polar surface area (TPSA) is 52.9 Å². The van der Waals surface area contributed by atoms with E-state index in [2.05, 4.69) is 27.3 Å². The van der Waals surface area contributed by atoms with Gasteiger partial charge in [0.2, 0.25) is 0 Å². The van der Waals surface area contributed by atoms with Gasteiger partial charge in [0.05, 0.1) is 11.6 Å². The number of rotatable bonds is 4. The van der Waals surface area contributed by atoms with Crippen LogP contribution in [0.25, 0.3) is 0 Å². The zero-order chi connectivity index (χ0) is 13.7. The fourth-order valence-corrected chi connectivity index (χ4v) is 2.23. The van der Waals surface area contributed by atoms with E-state index in [9.17, 15) is 4.79 Å². The molecule has 0 bridgehead atoms. The molecule has 0 amide bonds. The Kier molecular flexibility index (Phi) is 4.32.